The molecule has 0 spiro atoms. The summed E-state index contributed by atoms with van der Waals surface area (Å²) in [6, 6.07) is 6.54. The average molecular weight is 331 g/mol. The minimum Gasteiger partial charge on any atom is -0.335 e. The number of nitrogens with one attached hydrogen (secondary N) is 1. The minimum atomic E-state index is -0.382. The van der Waals surface area contributed by atoms with Gasteiger partial charge in [-0.3, -0.25) is 4.79 Å². The van der Waals surface area contributed by atoms with Crippen LogP contribution in [0.4, 0.5) is 4.39 Å². The SMILES string of the molecule is CCCc1nc(C(=O)N(C)C2CCNC2)nn1-c1ccccc1F. The van der Waals surface area contributed by atoms with Gasteiger partial charge >= 0.3 is 0 Å². The number of para-hydroxylation sites is 1. The molecule has 128 valence electrons. The Morgan fingerprint density at radius 1 is 1.46 bits per heavy atom. The molecule has 6 nitrogen and oxygen atoms in total. The molecule has 1 aromatic carbocycles. The number of aromatic nitrogens is 3. The molecule has 1 N–H and O–H groups in total. The van der Waals surface area contributed by atoms with Crippen LogP contribution in [0.25, 0.3) is 5.69 Å². The van der Waals surface area contributed by atoms with Crippen molar-refractivity contribution in [3.8, 4) is 5.69 Å². The number of amides is 1. The van der Waals surface area contributed by atoms with Gasteiger partial charge in [0.05, 0.1) is 0 Å². The number of hydrogen-bond acceptors (Lipinski definition) is 4. The maximum atomic E-state index is 14.1. The van der Waals surface area contributed by atoms with Crippen molar-refractivity contribution < 1.29 is 9.18 Å². The molecule has 1 aromatic heterocycles. The Kier molecular flexibility index (Phi) is 4.89. The first-order valence-electron chi connectivity index (χ1n) is 8.30. The van der Waals surface area contributed by atoms with Crippen LogP contribution in [0, 0.1) is 5.82 Å². The number of rotatable bonds is 5. The van der Waals surface area contributed by atoms with Crippen LogP contribution in [0.15, 0.2) is 24.3 Å². The Morgan fingerprint density at radius 3 is 2.92 bits per heavy atom. The highest BCUT2D eigenvalue weighted by Crippen LogP contribution is 2.17. The zero-order valence-electron chi connectivity index (χ0n) is 14.0. The van der Waals surface area contributed by atoms with E-state index in [0.29, 0.717) is 17.9 Å². The number of aryl methyl sites for hydroxylation is 1. The first-order valence-corrected chi connectivity index (χ1v) is 8.30. The fourth-order valence-corrected chi connectivity index (χ4v) is 2.93. The molecule has 3 rings (SSSR count). The summed E-state index contributed by atoms with van der Waals surface area (Å²) in [6.07, 6.45) is 2.38. The summed E-state index contributed by atoms with van der Waals surface area (Å²) in [4.78, 5) is 18.7. The van der Waals surface area contributed by atoms with Crippen LogP contribution < -0.4 is 5.32 Å². The molecule has 1 aliphatic rings. The maximum Gasteiger partial charge on any atom is 0.293 e. The van der Waals surface area contributed by atoms with Crippen molar-refractivity contribution in [3.63, 3.8) is 0 Å². The first kappa shape index (κ1) is 16.6. The zero-order valence-corrected chi connectivity index (χ0v) is 14.0. The molecule has 2 heterocycles. The summed E-state index contributed by atoms with van der Waals surface area (Å²) < 4.78 is 15.6. The van der Waals surface area contributed by atoms with Crippen LogP contribution in [-0.2, 0) is 6.42 Å². The van der Waals surface area contributed by atoms with Crippen LogP contribution in [0.2, 0.25) is 0 Å². The van der Waals surface area contributed by atoms with Gasteiger partial charge in [0.1, 0.15) is 17.3 Å². The fraction of sp³-hybridized carbons (Fsp3) is 0.471. The zero-order chi connectivity index (χ0) is 17.1. The Morgan fingerprint density at radius 2 is 2.25 bits per heavy atom. The van der Waals surface area contributed by atoms with Gasteiger partial charge in [-0.2, -0.15) is 0 Å². The quantitative estimate of drug-likeness (QED) is 0.907. The molecule has 1 fully saturated rings. The number of nitrogens with zero attached hydrogens (tertiary/aromatic N) is 4. The Bertz CT molecular complexity index is 724. The predicted octanol–water partition coefficient (Wildman–Crippen LogP) is 1.79. The molecule has 0 saturated carbocycles. The maximum absolute atomic E-state index is 14.1. The lowest BCUT2D eigenvalue weighted by molar-refractivity contribution is 0.0731. The second kappa shape index (κ2) is 7.09. The largest absolute Gasteiger partial charge is 0.335 e. The van der Waals surface area contributed by atoms with Gasteiger partial charge in [0.25, 0.3) is 5.91 Å². The number of hydrogen-bond donors (Lipinski definition) is 1. The van der Waals surface area contributed by atoms with Gasteiger partial charge in [-0.15, -0.1) is 5.10 Å². The van der Waals surface area contributed by atoms with Crippen molar-refractivity contribution >= 4 is 5.91 Å². The Balaban J connectivity index is 1.93. The summed E-state index contributed by atoms with van der Waals surface area (Å²) in [6.45, 7) is 3.69. The van der Waals surface area contributed by atoms with Gasteiger partial charge in [0.15, 0.2) is 0 Å². The van der Waals surface area contributed by atoms with E-state index in [9.17, 15) is 9.18 Å². The smallest absolute Gasteiger partial charge is 0.293 e. The topological polar surface area (TPSA) is 63.1 Å². The third-order valence-electron chi connectivity index (χ3n) is 4.32. The van der Waals surface area contributed by atoms with Crippen LogP contribution >= 0.6 is 0 Å². The molecule has 0 bridgehead atoms. The van der Waals surface area contributed by atoms with E-state index in [2.05, 4.69) is 15.4 Å². The van der Waals surface area contributed by atoms with Gasteiger partial charge in [-0.05, 0) is 31.5 Å². The van der Waals surface area contributed by atoms with E-state index in [1.165, 1.54) is 10.7 Å². The lowest BCUT2D eigenvalue weighted by Crippen LogP contribution is -2.38. The van der Waals surface area contributed by atoms with Crippen LogP contribution in [0.3, 0.4) is 0 Å². The summed E-state index contributed by atoms with van der Waals surface area (Å²) >= 11 is 0. The highest BCUT2D eigenvalue weighted by Gasteiger charge is 2.27. The molecule has 0 aliphatic carbocycles. The summed E-state index contributed by atoms with van der Waals surface area (Å²) in [5, 5.41) is 7.55. The Labute approximate surface area is 140 Å². The molecule has 2 aromatic rings. The lowest BCUT2D eigenvalue weighted by atomic mass is 10.2. The predicted molar refractivity (Wildman–Crippen MR) is 88.7 cm³/mol. The van der Waals surface area contributed by atoms with Crippen molar-refractivity contribution in [2.45, 2.75) is 32.2 Å². The monoisotopic (exact) mass is 331 g/mol. The van der Waals surface area contributed by atoms with Gasteiger partial charge in [-0.25, -0.2) is 14.1 Å². The normalized spacial score (nSPS) is 17.2. The summed E-state index contributed by atoms with van der Waals surface area (Å²) in [5.41, 5.74) is 0.317. The molecular weight excluding hydrogens is 309 g/mol. The van der Waals surface area contributed by atoms with E-state index in [-0.39, 0.29) is 23.6 Å². The molecule has 1 amide bonds. The molecule has 1 aliphatic heterocycles. The van der Waals surface area contributed by atoms with E-state index >= 15 is 0 Å². The van der Waals surface area contributed by atoms with Crippen molar-refractivity contribution in [2.75, 3.05) is 20.1 Å². The van der Waals surface area contributed by atoms with Gasteiger partial charge in [-0.1, -0.05) is 19.1 Å². The van der Waals surface area contributed by atoms with E-state index in [0.717, 1.165) is 25.9 Å². The van der Waals surface area contributed by atoms with Crippen molar-refractivity contribution in [1.29, 1.82) is 0 Å². The highest BCUT2D eigenvalue weighted by molar-refractivity contribution is 5.90. The summed E-state index contributed by atoms with van der Waals surface area (Å²) in [7, 11) is 1.77. The van der Waals surface area contributed by atoms with Crippen LogP contribution in [0.5, 0.6) is 0 Å². The van der Waals surface area contributed by atoms with E-state index in [1.54, 1.807) is 30.1 Å². The molecule has 24 heavy (non-hydrogen) atoms. The number of carbonyl (C=O) groups excluding carboxylic acids is 1. The van der Waals surface area contributed by atoms with Crippen molar-refractivity contribution in [2.24, 2.45) is 0 Å². The Hall–Kier alpha value is -2.28. The van der Waals surface area contributed by atoms with Gasteiger partial charge < -0.3 is 10.2 Å². The van der Waals surface area contributed by atoms with E-state index in [4.69, 9.17) is 0 Å². The second-order valence-corrected chi connectivity index (χ2v) is 6.03. The van der Waals surface area contributed by atoms with Gasteiger partial charge in [0.2, 0.25) is 5.82 Å². The number of benzene rings is 1. The third-order valence-corrected chi connectivity index (χ3v) is 4.32. The number of likely N-dealkylation sites (N-methyl/N-ethyl adjacent to an activating group) is 1. The standard InChI is InChI=1S/C17H22FN5O/c1-3-6-15-20-16(17(24)22(2)12-9-10-19-11-12)21-23(15)14-8-5-4-7-13(14)18/h4-5,7-8,12,19H,3,6,9-11H2,1-2H3. The van der Waals surface area contributed by atoms with Crippen molar-refractivity contribution in [1.82, 2.24) is 25.0 Å². The molecule has 0 radical (unpaired) electrons. The summed E-state index contributed by atoms with van der Waals surface area (Å²) in [5.74, 6) is 0.114. The van der Waals surface area contributed by atoms with E-state index < -0.39 is 0 Å². The molecule has 1 atom stereocenters. The first-order chi connectivity index (χ1) is 11.6. The van der Waals surface area contributed by atoms with Gasteiger partial charge in [0, 0.05) is 26.1 Å². The number of halogens is 1. The van der Waals surface area contributed by atoms with Crippen LogP contribution in [0.1, 0.15) is 36.2 Å². The third kappa shape index (κ3) is 3.17. The fourth-order valence-electron chi connectivity index (χ4n) is 2.93. The lowest BCUT2D eigenvalue weighted by Gasteiger charge is -2.22. The van der Waals surface area contributed by atoms with Crippen molar-refractivity contribution in [3.05, 3.63) is 41.7 Å². The average Bonchev–Trinajstić information content (AvgIpc) is 3.24. The van der Waals surface area contributed by atoms with Crippen LogP contribution in [-0.4, -0.2) is 51.8 Å². The minimum absolute atomic E-state index is 0.121. The van der Waals surface area contributed by atoms with E-state index in [1.807, 2.05) is 6.92 Å². The molecule has 1 saturated heterocycles. The molecule has 1 unspecified atom stereocenters. The number of carbonyl (C=O) groups is 1. The molecule has 7 heteroatoms. The highest BCUT2D eigenvalue weighted by atomic mass is 19.1. The second-order valence-electron chi connectivity index (χ2n) is 6.03. The molecular formula is C17H22FN5O.